The Labute approximate surface area is 183 Å². The van der Waals surface area contributed by atoms with E-state index in [1.807, 2.05) is 48.2 Å². The van der Waals surface area contributed by atoms with Crippen LogP contribution in [0.25, 0.3) is 0 Å². The summed E-state index contributed by atoms with van der Waals surface area (Å²) < 4.78 is 5.77. The zero-order valence-corrected chi connectivity index (χ0v) is 18.7. The molecule has 0 unspecified atom stereocenters. The van der Waals surface area contributed by atoms with Gasteiger partial charge < -0.3 is 20.3 Å². The third-order valence-electron chi connectivity index (χ3n) is 5.73. The first-order valence-electron chi connectivity index (χ1n) is 10.8. The molecule has 2 N–H and O–H groups in total. The summed E-state index contributed by atoms with van der Waals surface area (Å²) in [6.45, 7) is 9.58. The minimum atomic E-state index is -0.336. The van der Waals surface area contributed by atoms with Crippen molar-refractivity contribution in [2.45, 2.75) is 51.6 Å². The second-order valence-electron chi connectivity index (χ2n) is 9.30. The van der Waals surface area contributed by atoms with Crippen LogP contribution in [0.5, 0.6) is 5.75 Å². The average molecular weight is 422 g/mol. The molecule has 2 aliphatic rings. The Bertz CT molecular complexity index is 987. The molecule has 4 rings (SSSR count). The molecule has 2 aliphatic heterocycles. The standard InChI is InChI=1S/C24H31N5O2/c1-17-8-5-6-10-19(17)31-16-20(30)29-14-11-24(12-15-29)22(28-23(2,3)4)26-21-18(27-24)9-7-13-25-21/h5-10,13,27H,11-12,14-16H2,1-4H3,(H,25,26,28). The topological polar surface area (TPSA) is 78.8 Å². The Morgan fingerprint density at radius 2 is 1.94 bits per heavy atom. The van der Waals surface area contributed by atoms with E-state index in [0.29, 0.717) is 13.1 Å². The zero-order valence-electron chi connectivity index (χ0n) is 18.7. The predicted octanol–water partition coefficient (Wildman–Crippen LogP) is 3.86. The minimum absolute atomic E-state index is 0.0123. The first-order valence-corrected chi connectivity index (χ1v) is 10.8. The summed E-state index contributed by atoms with van der Waals surface area (Å²) in [5.41, 5.74) is 1.44. The third kappa shape index (κ3) is 4.65. The van der Waals surface area contributed by atoms with E-state index in [1.54, 1.807) is 6.20 Å². The van der Waals surface area contributed by atoms with Crippen molar-refractivity contribution in [3.05, 3.63) is 48.2 Å². The molecule has 1 aromatic carbocycles. The lowest BCUT2D eigenvalue weighted by Gasteiger charge is -2.46. The molecule has 3 heterocycles. The van der Waals surface area contributed by atoms with Crippen LogP contribution in [0, 0.1) is 6.92 Å². The highest BCUT2D eigenvalue weighted by molar-refractivity contribution is 6.09. The van der Waals surface area contributed by atoms with Crippen LogP contribution in [0.2, 0.25) is 0 Å². The lowest BCUT2D eigenvalue weighted by atomic mass is 9.83. The summed E-state index contributed by atoms with van der Waals surface area (Å²) in [6, 6.07) is 11.7. The second-order valence-corrected chi connectivity index (χ2v) is 9.30. The highest BCUT2D eigenvalue weighted by atomic mass is 16.5. The number of hydrogen-bond donors (Lipinski definition) is 2. The number of aliphatic imine (C=N–C) groups is 1. The van der Waals surface area contributed by atoms with Crippen molar-refractivity contribution in [3.8, 4) is 5.75 Å². The van der Waals surface area contributed by atoms with E-state index < -0.39 is 0 Å². The summed E-state index contributed by atoms with van der Waals surface area (Å²) in [5.74, 6) is 2.46. The molecule has 0 atom stereocenters. The van der Waals surface area contributed by atoms with Gasteiger partial charge in [0.15, 0.2) is 12.4 Å². The van der Waals surface area contributed by atoms with Gasteiger partial charge in [0.05, 0.1) is 16.8 Å². The molecular formula is C24H31N5O2. The fourth-order valence-corrected chi connectivity index (χ4v) is 4.07. The van der Waals surface area contributed by atoms with Crippen molar-refractivity contribution in [1.29, 1.82) is 0 Å². The first kappa shape index (κ1) is 21.2. The zero-order chi connectivity index (χ0) is 22.1. The second kappa shape index (κ2) is 8.21. The number of likely N-dealkylation sites (tertiary alicyclic amines) is 1. The molecule has 0 aliphatic carbocycles. The molecule has 0 radical (unpaired) electrons. The molecule has 0 bridgehead atoms. The van der Waals surface area contributed by atoms with Crippen LogP contribution in [-0.2, 0) is 4.79 Å². The smallest absolute Gasteiger partial charge is 0.260 e. The van der Waals surface area contributed by atoms with Gasteiger partial charge in [-0.2, -0.15) is 0 Å². The van der Waals surface area contributed by atoms with Crippen LogP contribution in [0.15, 0.2) is 47.6 Å². The van der Waals surface area contributed by atoms with Crippen LogP contribution >= 0.6 is 0 Å². The van der Waals surface area contributed by atoms with Crippen molar-refractivity contribution in [2.75, 3.05) is 30.3 Å². The molecule has 31 heavy (non-hydrogen) atoms. The Morgan fingerprint density at radius 3 is 2.65 bits per heavy atom. The van der Waals surface area contributed by atoms with Gasteiger partial charge in [0.2, 0.25) is 0 Å². The number of nitrogens with one attached hydrogen (secondary N) is 2. The molecule has 164 valence electrons. The summed E-state index contributed by atoms with van der Waals surface area (Å²) in [5, 5.41) is 7.14. The Kier molecular flexibility index (Phi) is 5.60. The summed E-state index contributed by atoms with van der Waals surface area (Å²) in [4.78, 5) is 24.1. The van der Waals surface area contributed by atoms with Crippen LogP contribution < -0.4 is 15.4 Å². The Balaban J connectivity index is 1.46. The monoisotopic (exact) mass is 421 g/mol. The summed E-state index contributed by atoms with van der Waals surface area (Å²) in [6.07, 6.45) is 3.30. The molecule has 2 aromatic rings. The Morgan fingerprint density at radius 1 is 1.19 bits per heavy atom. The van der Waals surface area contributed by atoms with Crippen LogP contribution in [0.3, 0.4) is 0 Å². The first-order chi connectivity index (χ1) is 14.8. The van der Waals surface area contributed by atoms with Gasteiger partial charge in [-0.25, -0.2) is 4.98 Å². The lowest BCUT2D eigenvalue weighted by molar-refractivity contribution is -0.134. The number of amidine groups is 1. The molecule has 7 nitrogen and oxygen atoms in total. The third-order valence-corrected chi connectivity index (χ3v) is 5.73. The molecule has 1 fully saturated rings. The molecule has 1 aromatic heterocycles. The average Bonchev–Trinajstić information content (AvgIpc) is 2.73. The summed E-state index contributed by atoms with van der Waals surface area (Å²) >= 11 is 0. The van der Waals surface area contributed by atoms with Gasteiger partial charge in [-0.05, 0) is 64.3 Å². The number of pyridine rings is 1. The number of fused-ring (bicyclic) bond motifs is 1. The molecular weight excluding hydrogens is 390 g/mol. The van der Waals surface area contributed by atoms with E-state index in [0.717, 1.165) is 41.5 Å². The minimum Gasteiger partial charge on any atom is -0.484 e. The van der Waals surface area contributed by atoms with Crippen molar-refractivity contribution < 1.29 is 9.53 Å². The number of anilines is 2. The number of carbonyl (C=O) groups is 1. The van der Waals surface area contributed by atoms with Gasteiger partial charge in [0.25, 0.3) is 5.91 Å². The van der Waals surface area contributed by atoms with Gasteiger partial charge in [0.1, 0.15) is 11.6 Å². The number of para-hydroxylation sites is 1. The van der Waals surface area contributed by atoms with Crippen molar-refractivity contribution in [2.24, 2.45) is 4.99 Å². The van der Waals surface area contributed by atoms with E-state index in [2.05, 4.69) is 36.4 Å². The number of benzene rings is 1. The lowest BCUT2D eigenvalue weighted by Crippen LogP contribution is -2.60. The molecule has 1 saturated heterocycles. The molecule has 7 heteroatoms. The highest BCUT2D eigenvalue weighted by Crippen LogP contribution is 2.36. The van der Waals surface area contributed by atoms with Crippen LogP contribution in [0.4, 0.5) is 11.5 Å². The van der Waals surface area contributed by atoms with Gasteiger partial charge in [-0.3, -0.25) is 9.79 Å². The van der Waals surface area contributed by atoms with E-state index in [4.69, 9.17) is 9.73 Å². The van der Waals surface area contributed by atoms with E-state index in [9.17, 15) is 4.79 Å². The van der Waals surface area contributed by atoms with Gasteiger partial charge in [-0.1, -0.05) is 18.2 Å². The van der Waals surface area contributed by atoms with Crippen LogP contribution in [0.1, 0.15) is 39.2 Å². The molecule has 0 saturated carbocycles. The quantitative estimate of drug-likeness (QED) is 0.787. The normalized spacial score (nSPS) is 18.8. The Hall–Kier alpha value is -3.09. The molecule has 1 spiro atoms. The van der Waals surface area contributed by atoms with Crippen LogP contribution in [-0.4, -0.2) is 52.4 Å². The maximum atomic E-state index is 12.8. The van der Waals surface area contributed by atoms with Crippen molar-refractivity contribution >= 4 is 23.2 Å². The largest absolute Gasteiger partial charge is 0.484 e. The van der Waals surface area contributed by atoms with Gasteiger partial charge in [0, 0.05) is 19.3 Å². The van der Waals surface area contributed by atoms with E-state index in [-0.39, 0.29) is 23.6 Å². The summed E-state index contributed by atoms with van der Waals surface area (Å²) in [7, 11) is 0. The number of amides is 1. The predicted molar refractivity (Wildman–Crippen MR) is 124 cm³/mol. The number of piperidine rings is 1. The fourth-order valence-electron chi connectivity index (χ4n) is 4.07. The van der Waals surface area contributed by atoms with Crippen molar-refractivity contribution in [3.63, 3.8) is 0 Å². The maximum Gasteiger partial charge on any atom is 0.260 e. The number of aromatic nitrogens is 1. The van der Waals surface area contributed by atoms with Gasteiger partial charge in [-0.15, -0.1) is 0 Å². The van der Waals surface area contributed by atoms with Crippen molar-refractivity contribution in [1.82, 2.24) is 9.88 Å². The SMILES string of the molecule is Cc1ccccc1OCC(=O)N1CCC2(CC1)Nc1cccnc1NC2=NC(C)(C)C. The highest BCUT2D eigenvalue weighted by Gasteiger charge is 2.44. The molecule has 1 amide bonds. The number of hydrogen-bond acceptors (Lipinski definition) is 5. The number of rotatable bonds is 3. The number of aryl methyl sites for hydroxylation is 1. The van der Waals surface area contributed by atoms with E-state index in [1.165, 1.54) is 0 Å². The fraction of sp³-hybridized carbons (Fsp3) is 0.458. The number of ether oxygens (including phenoxy) is 1. The number of nitrogens with zero attached hydrogens (tertiary/aromatic N) is 3. The number of carbonyl (C=O) groups excluding carboxylic acids is 1. The maximum absolute atomic E-state index is 12.8. The van der Waals surface area contributed by atoms with E-state index >= 15 is 0 Å². The van der Waals surface area contributed by atoms with Gasteiger partial charge >= 0.3 is 0 Å².